The molecule has 0 aromatic heterocycles. The zero-order chi connectivity index (χ0) is 10.8. The Labute approximate surface area is 87.5 Å². The van der Waals surface area contributed by atoms with Gasteiger partial charge in [-0.25, -0.2) is 4.39 Å². The average Bonchev–Trinajstić information content (AvgIpc) is 1.97. The van der Waals surface area contributed by atoms with Crippen molar-refractivity contribution in [1.82, 2.24) is 0 Å². The van der Waals surface area contributed by atoms with Gasteiger partial charge in [-0.15, -0.1) is 0 Å². The quantitative estimate of drug-likeness (QED) is 0.656. The summed E-state index contributed by atoms with van der Waals surface area (Å²) in [7, 11) is 0. The molecular formula is C11H10ClFO. The van der Waals surface area contributed by atoms with Crippen molar-refractivity contribution in [1.29, 1.82) is 0 Å². The van der Waals surface area contributed by atoms with Crippen LogP contribution in [0.2, 0.25) is 5.02 Å². The molecule has 0 aliphatic rings. The largest absolute Gasteiger partial charge is 0.378 e. The first kappa shape index (κ1) is 11.0. The minimum absolute atomic E-state index is 0.296. The van der Waals surface area contributed by atoms with Crippen LogP contribution in [-0.4, -0.2) is 10.7 Å². The number of aliphatic hydroxyl groups is 1. The lowest BCUT2D eigenvalue weighted by Gasteiger charge is -2.05. The Balaban J connectivity index is 3.02. The lowest BCUT2D eigenvalue weighted by atomic mass is 10.1. The van der Waals surface area contributed by atoms with Gasteiger partial charge in [0.15, 0.2) is 0 Å². The highest BCUT2D eigenvalue weighted by Gasteiger charge is 2.06. The second kappa shape index (κ2) is 4.00. The van der Waals surface area contributed by atoms with Crippen LogP contribution in [0.4, 0.5) is 4.39 Å². The topological polar surface area (TPSA) is 20.2 Å². The van der Waals surface area contributed by atoms with Crippen molar-refractivity contribution in [2.75, 3.05) is 0 Å². The molecule has 0 saturated heterocycles. The first-order chi connectivity index (χ1) is 6.37. The first-order valence-corrected chi connectivity index (χ1v) is 4.46. The van der Waals surface area contributed by atoms with Gasteiger partial charge in [-0.2, -0.15) is 0 Å². The molecule has 3 heteroatoms. The first-order valence-electron chi connectivity index (χ1n) is 4.08. The molecule has 0 heterocycles. The van der Waals surface area contributed by atoms with Gasteiger partial charge in [0.05, 0.1) is 0 Å². The third-order valence-corrected chi connectivity index (χ3v) is 1.59. The fraction of sp³-hybridized carbons (Fsp3) is 0.273. The molecule has 14 heavy (non-hydrogen) atoms. The third-order valence-electron chi connectivity index (χ3n) is 1.38. The van der Waals surface area contributed by atoms with Gasteiger partial charge in [0.1, 0.15) is 11.4 Å². The normalized spacial score (nSPS) is 10.6. The van der Waals surface area contributed by atoms with E-state index >= 15 is 0 Å². The number of hydrogen-bond acceptors (Lipinski definition) is 1. The van der Waals surface area contributed by atoms with Crippen LogP contribution in [0.15, 0.2) is 18.2 Å². The zero-order valence-electron chi connectivity index (χ0n) is 7.94. The SMILES string of the molecule is CC(C)(O)C#Cc1cc(F)cc(Cl)c1. The maximum absolute atomic E-state index is 12.8. The van der Waals surface area contributed by atoms with Gasteiger partial charge in [-0.1, -0.05) is 23.4 Å². The molecule has 0 fully saturated rings. The summed E-state index contributed by atoms with van der Waals surface area (Å²) >= 11 is 5.63. The van der Waals surface area contributed by atoms with Crippen molar-refractivity contribution in [2.24, 2.45) is 0 Å². The van der Waals surface area contributed by atoms with Gasteiger partial charge < -0.3 is 5.11 Å². The minimum Gasteiger partial charge on any atom is -0.378 e. The molecule has 0 bridgehead atoms. The molecule has 0 spiro atoms. The Morgan fingerprint density at radius 3 is 2.50 bits per heavy atom. The van der Waals surface area contributed by atoms with Crippen LogP contribution >= 0.6 is 11.6 Å². The fourth-order valence-corrected chi connectivity index (χ4v) is 1.07. The Kier molecular flexibility index (Phi) is 3.15. The molecule has 1 nitrogen and oxygen atoms in total. The van der Waals surface area contributed by atoms with E-state index < -0.39 is 11.4 Å². The molecule has 74 valence electrons. The van der Waals surface area contributed by atoms with Crippen molar-refractivity contribution < 1.29 is 9.50 Å². The Morgan fingerprint density at radius 2 is 2.00 bits per heavy atom. The molecule has 1 N–H and O–H groups in total. The number of rotatable bonds is 0. The summed E-state index contributed by atoms with van der Waals surface area (Å²) < 4.78 is 12.8. The molecule has 1 rings (SSSR count). The maximum atomic E-state index is 12.8. The molecule has 0 aliphatic carbocycles. The van der Waals surface area contributed by atoms with Crippen molar-refractivity contribution in [3.63, 3.8) is 0 Å². The smallest absolute Gasteiger partial charge is 0.125 e. The van der Waals surface area contributed by atoms with E-state index in [-0.39, 0.29) is 0 Å². The van der Waals surface area contributed by atoms with E-state index in [4.69, 9.17) is 11.6 Å². The third kappa shape index (κ3) is 3.78. The summed E-state index contributed by atoms with van der Waals surface area (Å²) in [5.74, 6) is 4.78. The fourth-order valence-electron chi connectivity index (χ4n) is 0.851. The molecule has 0 unspecified atom stereocenters. The molecule has 1 aromatic rings. The van der Waals surface area contributed by atoms with Crippen LogP contribution < -0.4 is 0 Å². The molecule has 0 amide bonds. The maximum Gasteiger partial charge on any atom is 0.125 e. The Hall–Kier alpha value is -1.04. The molecule has 0 saturated carbocycles. The molecule has 0 radical (unpaired) electrons. The Bertz CT molecular complexity index is 376. The van der Waals surface area contributed by atoms with Crippen LogP contribution in [-0.2, 0) is 0 Å². The van der Waals surface area contributed by atoms with Crippen molar-refractivity contribution in [2.45, 2.75) is 19.4 Å². The number of benzene rings is 1. The van der Waals surface area contributed by atoms with E-state index in [9.17, 15) is 9.50 Å². The van der Waals surface area contributed by atoms with E-state index in [0.717, 1.165) is 0 Å². The van der Waals surface area contributed by atoms with E-state index in [1.807, 2.05) is 0 Å². The zero-order valence-corrected chi connectivity index (χ0v) is 8.69. The highest BCUT2D eigenvalue weighted by atomic mass is 35.5. The van der Waals surface area contributed by atoms with E-state index in [1.165, 1.54) is 12.1 Å². The molecule has 1 aromatic carbocycles. The van der Waals surface area contributed by atoms with Gasteiger partial charge >= 0.3 is 0 Å². The van der Waals surface area contributed by atoms with Crippen LogP contribution in [0.3, 0.4) is 0 Å². The minimum atomic E-state index is -1.08. The van der Waals surface area contributed by atoms with Crippen molar-refractivity contribution in [3.05, 3.63) is 34.6 Å². The summed E-state index contributed by atoms with van der Waals surface area (Å²) in [4.78, 5) is 0. The van der Waals surface area contributed by atoms with Crippen LogP contribution in [0.5, 0.6) is 0 Å². The van der Waals surface area contributed by atoms with Crippen LogP contribution in [0.1, 0.15) is 19.4 Å². The summed E-state index contributed by atoms with van der Waals surface area (Å²) in [5, 5.41) is 9.61. The van der Waals surface area contributed by atoms with E-state index in [1.54, 1.807) is 19.9 Å². The van der Waals surface area contributed by atoms with E-state index in [2.05, 4.69) is 11.8 Å². The van der Waals surface area contributed by atoms with Gasteiger partial charge in [0.2, 0.25) is 0 Å². The summed E-state index contributed by atoms with van der Waals surface area (Å²) in [5.41, 5.74) is -0.629. The lowest BCUT2D eigenvalue weighted by Crippen LogP contribution is -2.14. The average molecular weight is 213 g/mol. The standard InChI is InChI=1S/C11H10ClFO/c1-11(2,14)4-3-8-5-9(12)7-10(13)6-8/h5-7,14H,1-2H3. The van der Waals surface area contributed by atoms with Gasteiger partial charge in [-0.05, 0) is 32.0 Å². The summed E-state index contributed by atoms with van der Waals surface area (Å²) in [6.45, 7) is 3.11. The number of halogens is 2. The Morgan fingerprint density at radius 1 is 1.36 bits per heavy atom. The molecular weight excluding hydrogens is 203 g/mol. The molecule has 0 atom stereocenters. The second-order valence-electron chi connectivity index (χ2n) is 3.47. The monoisotopic (exact) mass is 212 g/mol. The van der Waals surface area contributed by atoms with Crippen molar-refractivity contribution >= 4 is 11.6 Å². The second-order valence-corrected chi connectivity index (χ2v) is 3.90. The predicted molar refractivity (Wildman–Crippen MR) is 54.6 cm³/mol. The van der Waals surface area contributed by atoms with Gasteiger partial charge in [0.25, 0.3) is 0 Å². The lowest BCUT2D eigenvalue weighted by molar-refractivity contribution is 0.143. The predicted octanol–water partition coefficient (Wildman–Crippen LogP) is 2.60. The van der Waals surface area contributed by atoms with E-state index in [0.29, 0.717) is 10.6 Å². The van der Waals surface area contributed by atoms with Crippen LogP contribution in [0.25, 0.3) is 0 Å². The summed E-state index contributed by atoms with van der Waals surface area (Å²) in [6, 6.07) is 4.02. The molecule has 0 aliphatic heterocycles. The van der Waals surface area contributed by atoms with Crippen LogP contribution in [0, 0.1) is 17.7 Å². The van der Waals surface area contributed by atoms with Gasteiger partial charge in [-0.3, -0.25) is 0 Å². The van der Waals surface area contributed by atoms with Gasteiger partial charge in [0, 0.05) is 10.6 Å². The highest BCUT2D eigenvalue weighted by Crippen LogP contribution is 2.13. The number of hydrogen-bond donors (Lipinski definition) is 1. The van der Waals surface area contributed by atoms with Crippen molar-refractivity contribution in [3.8, 4) is 11.8 Å². The summed E-state index contributed by atoms with van der Waals surface area (Å²) in [6.07, 6.45) is 0. The highest BCUT2D eigenvalue weighted by molar-refractivity contribution is 6.30.